The number of aromatic nitrogens is 1. The van der Waals surface area contributed by atoms with E-state index in [2.05, 4.69) is 36.9 Å². The predicted molar refractivity (Wildman–Crippen MR) is 276 cm³/mol. The number of amides is 6. The van der Waals surface area contributed by atoms with Crippen molar-refractivity contribution in [3.63, 3.8) is 0 Å². The highest BCUT2D eigenvalue weighted by atomic mass is 32.2. The van der Waals surface area contributed by atoms with Crippen LogP contribution in [0.1, 0.15) is 60.9 Å². The molecule has 0 fully saturated rings. The van der Waals surface area contributed by atoms with Gasteiger partial charge in [-0.25, -0.2) is 4.79 Å². The number of carbonyl (C=O) groups excluding carboxylic acids is 6. The normalized spacial score (nSPS) is 14.5. The van der Waals surface area contributed by atoms with Crippen LogP contribution in [0.15, 0.2) is 115 Å². The lowest BCUT2D eigenvalue weighted by atomic mass is 10.0. The van der Waals surface area contributed by atoms with E-state index >= 15 is 0 Å². The van der Waals surface area contributed by atoms with Crippen LogP contribution in [0.25, 0.3) is 10.9 Å². The van der Waals surface area contributed by atoms with Gasteiger partial charge >= 0.3 is 6.09 Å². The second kappa shape index (κ2) is 28.9. The molecule has 0 saturated carbocycles. The summed E-state index contributed by atoms with van der Waals surface area (Å²) in [4.78, 5) is 86.0. The number of thioether (sulfide) groups is 1. The Balaban J connectivity index is 1.34. The molecule has 1 heterocycles. The number of unbranched alkanes of at least 4 members (excludes halogenated alkanes) is 1. The van der Waals surface area contributed by atoms with Crippen LogP contribution in [0, 0.1) is 6.92 Å². The SMILES string of the molecule is Cc1ccc(CSC[C@H](NC(=O)[C@@H](NC(=O)[C@H](CCCCNC(=O)OCc2ccccc2)NC(=O)[C@@H](Cc2c[nH]c3ccccc23)NC(=O)[C@@H](N)Cc2ccccc2)[C@@H](C)O)C(=O)N[C@H](CO)[C@@H](C)O)cc1. The zero-order chi connectivity index (χ0) is 52.0. The highest BCUT2D eigenvalue weighted by molar-refractivity contribution is 7.98. The smallest absolute Gasteiger partial charge is 0.407 e. The number of ether oxygens (including phenoxy) is 1. The van der Waals surface area contributed by atoms with E-state index < -0.39 is 90.7 Å². The van der Waals surface area contributed by atoms with Crippen molar-refractivity contribution in [2.24, 2.45) is 5.73 Å². The number of H-pyrrole nitrogens is 1. The molecule has 5 rings (SSSR count). The van der Waals surface area contributed by atoms with Crippen LogP contribution in [-0.2, 0) is 53.9 Å². The van der Waals surface area contributed by atoms with E-state index in [1.54, 1.807) is 6.20 Å². The third-order valence-corrected chi connectivity index (χ3v) is 13.0. The van der Waals surface area contributed by atoms with Gasteiger partial charge < -0.3 is 62.7 Å². The maximum Gasteiger partial charge on any atom is 0.407 e. The van der Waals surface area contributed by atoms with E-state index in [9.17, 15) is 44.1 Å². The molecule has 0 spiro atoms. The zero-order valence-corrected chi connectivity index (χ0v) is 41.7. The van der Waals surface area contributed by atoms with Gasteiger partial charge in [0.25, 0.3) is 0 Å². The molecule has 12 N–H and O–H groups in total. The number of aliphatic hydroxyl groups excluding tert-OH is 3. The number of benzene rings is 4. The molecule has 0 unspecified atom stereocenters. The first-order valence-corrected chi connectivity index (χ1v) is 25.2. The standard InChI is InChI=1S/C53H68N8O10S/c1-33-21-23-38(24-22-33)31-72-32-46(51(68)59-45(29-62)34(2)63)60-52(69)47(35(3)64)61-49(66)43(20-12-13-25-55-53(70)71-30-37-16-8-5-9-17-37)57-50(67)44(27-39-28-56-42-19-11-10-18-40(39)42)58-48(65)41(54)26-36-14-6-4-7-15-36/h4-11,14-19,21-24,28,34-35,41,43-47,56,62-64H,12-13,20,25-27,29-32,54H2,1-3H3,(H,55,70)(H,57,67)(H,58,65)(H,59,68)(H,60,69)(H,61,66)/t34-,35-,41+,43+,44-,45-,46+,47+/m1/s1. The van der Waals surface area contributed by atoms with Crippen molar-refractivity contribution in [3.05, 3.63) is 143 Å². The van der Waals surface area contributed by atoms with Gasteiger partial charge in [0, 0.05) is 41.6 Å². The van der Waals surface area contributed by atoms with Gasteiger partial charge in [0.2, 0.25) is 29.5 Å². The lowest BCUT2D eigenvalue weighted by Crippen LogP contribution is -2.62. The van der Waals surface area contributed by atoms with E-state index in [0.717, 1.165) is 33.2 Å². The number of hydrogen-bond acceptors (Lipinski definition) is 12. The molecule has 0 radical (unpaired) electrons. The van der Waals surface area contributed by atoms with Crippen molar-refractivity contribution >= 4 is 58.3 Å². The molecule has 18 nitrogen and oxygen atoms in total. The Bertz CT molecular complexity index is 2510. The third kappa shape index (κ3) is 18.1. The highest BCUT2D eigenvalue weighted by Crippen LogP contribution is 2.20. The molecule has 0 bridgehead atoms. The van der Waals surface area contributed by atoms with Crippen LogP contribution in [0.3, 0.4) is 0 Å². The minimum atomic E-state index is -1.64. The summed E-state index contributed by atoms with van der Waals surface area (Å²) in [5, 5.41) is 47.8. The molecule has 6 amide bonds. The molecule has 5 aromatic rings. The summed E-state index contributed by atoms with van der Waals surface area (Å²) in [5.74, 6) is -3.33. The number of para-hydroxylation sites is 1. The summed E-state index contributed by atoms with van der Waals surface area (Å²) in [7, 11) is 0. The van der Waals surface area contributed by atoms with Crippen molar-refractivity contribution in [1.82, 2.24) is 36.9 Å². The van der Waals surface area contributed by atoms with Gasteiger partial charge in [0.05, 0.1) is 30.9 Å². The molecule has 0 saturated heterocycles. The summed E-state index contributed by atoms with van der Waals surface area (Å²) in [6, 6.07) is 26.0. The maximum atomic E-state index is 14.5. The molecule has 1 aromatic heterocycles. The molecule has 0 aliphatic carbocycles. The Morgan fingerprint density at radius 3 is 1.93 bits per heavy atom. The first-order valence-electron chi connectivity index (χ1n) is 24.0. The largest absolute Gasteiger partial charge is 0.445 e. The first-order chi connectivity index (χ1) is 34.6. The van der Waals surface area contributed by atoms with Crippen molar-refractivity contribution in [3.8, 4) is 0 Å². The number of alkyl carbamates (subject to hydrolysis) is 1. The van der Waals surface area contributed by atoms with Crippen LogP contribution >= 0.6 is 11.8 Å². The lowest BCUT2D eigenvalue weighted by molar-refractivity contribution is -0.136. The second-order valence-electron chi connectivity index (χ2n) is 17.8. The molecule has 72 heavy (non-hydrogen) atoms. The van der Waals surface area contributed by atoms with Gasteiger partial charge in [-0.3, -0.25) is 24.0 Å². The number of carbonyl (C=O) groups is 6. The number of fused-ring (bicyclic) bond motifs is 1. The summed E-state index contributed by atoms with van der Waals surface area (Å²) in [5.41, 5.74) is 11.5. The Morgan fingerprint density at radius 2 is 1.26 bits per heavy atom. The lowest BCUT2D eigenvalue weighted by Gasteiger charge is -2.28. The fourth-order valence-corrected chi connectivity index (χ4v) is 8.65. The van der Waals surface area contributed by atoms with E-state index in [-0.39, 0.29) is 44.6 Å². The molecule has 4 aromatic carbocycles. The first kappa shape index (κ1) is 56.1. The fourth-order valence-electron chi connectivity index (χ4n) is 7.63. The molecule has 0 aliphatic rings. The Kier molecular flexibility index (Phi) is 22.6. The summed E-state index contributed by atoms with van der Waals surface area (Å²) in [6.45, 7) is 4.27. The number of aliphatic hydroxyl groups is 3. The summed E-state index contributed by atoms with van der Waals surface area (Å²) in [6.07, 6.45) is -0.782. The van der Waals surface area contributed by atoms with Crippen LogP contribution in [-0.4, -0.2) is 123 Å². The van der Waals surface area contributed by atoms with Gasteiger partial charge in [-0.05, 0) is 74.8 Å². The maximum absolute atomic E-state index is 14.5. The number of aryl methyl sites for hydroxylation is 1. The van der Waals surface area contributed by atoms with Crippen molar-refractivity contribution in [2.45, 2.75) is 114 Å². The van der Waals surface area contributed by atoms with Crippen LogP contribution in [0.4, 0.5) is 4.79 Å². The number of rotatable bonds is 28. The summed E-state index contributed by atoms with van der Waals surface area (Å²) >= 11 is 1.33. The number of nitrogens with two attached hydrogens (primary N) is 1. The molecule has 19 heteroatoms. The third-order valence-electron chi connectivity index (χ3n) is 11.9. The van der Waals surface area contributed by atoms with Gasteiger partial charge in [-0.2, -0.15) is 11.8 Å². The fraction of sp³-hybridized carbons (Fsp3) is 0.396. The average molecular weight is 1010 g/mol. The Labute approximate surface area is 424 Å². The van der Waals surface area contributed by atoms with Gasteiger partial charge in [0.15, 0.2) is 0 Å². The van der Waals surface area contributed by atoms with Crippen molar-refractivity contribution in [2.75, 3.05) is 18.9 Å². The zero-order valence-electron chi connectivity index (χ0n) is 40.8. The number of aromatic amines is 1. The van der Waals surface area contributed by atoms with E-state index in [4.69, 9.17) is 10.5 Å². The van der Waals surface area contributed by atoms with E-state index in [0.29, 0.717) is 17.7 Å². The highest BCUT2D eigenvalue weighted by Gasteiger charge is 2.35. The molecule has 386 valence electrons. The second-order valence-corrected chi connectivity index (χ2v) is 18.8. The van der Waals surface area contributed by atoms with Crippen molar-refractivity contribution < 1.29 is 48.8 Å². The van der Waals surface area contributed by atoms with Crippen LogP contribution < -0.4 is 37.6 Å². The quantitative estimate of drug-likeness (QED) is 0.0323. The minimum Gasteiger partial charge on any atom is -0.445 e. The van der Waals surface area contributed by atoms with Crippen LogP contribution in [0.5, 0.6) is 0 Å². The van der Waals surface area contributed by atoms with E-state index in [1.165, 1.54) is 25.6 Å². The number of hydrogen-bond donors (Lipinski definition) is 11. The number of nitrogens with one attached hydrogen (secondary N) is 7. The van der Waals surface area contributed by atoms with Gasteiger partial charge in [-0.15, -0.1) is 0 Å². The van der Waals surface area contributed by atoms with Crippen molar-refractivity contribution in [1.29, 1.82) is 0 Å². The molecule has 0 aliphatic heterocycles. The van der Waals surface area contributed by atoms with Crippen LogP contribution in [0.2, 0.25) is 0 Å². The topological polar surface area (TPSA) is 286 Å². The monoisotopic (exact) mass is 1010 g/mol. The predicted octanol–water partition coefficient (Wildman–Crippen LogP) is 2.80. The van der Waals surface area contributed by atoms with Gasteiger partial charge in [0.1, 0.15) is 30.8 Å². The van der Waals surface area contributed by atoms with E-state index in [1.807, 2.05) is 116 Å². The summed E-state index contributed by atoms with van der Waals surface area (Å²) < 4.78 is 5.31. The Morgan fingerprint density at radius 1 is 0.653 bits per heavy atom. The minimum absolute atomic E-state index is 0.000718. The molecular formula is C53H68N8O10S. The molecule has 8 atom stereocenters. The van der Waals surface area contributed by atoms with Gasteiger partial charge in [-0.1, -0.05) is 109 Å². The average Bonchev–Trinajstić information content (AvgIpc) is 3.78. The molecular weight excluding hydrogens is 941 g/mol. The Hall–Kier alpha value is -6.77.